The predicted molar refractivity (Wildman–Crippen MR) is 134 cm³/mol. The van der Waals surface area contributed by atoms with Crippen LogP contribution in [0.15, 0.2) is 64.2 Å². The highest BCUT2D eigenvalue weighted by atomic mass is 32.1. The first-order valence-corrected chi connectivity index (χ1v) is 11.3. The minimum Gasteiger partial charge on any atom is -0.497 e. The second-order valence-corrected chi connectivity index (χ2v) is 8.67. The first-order valence-electron chi connectivity index (χ1n) is 10.5. The van der Waals surface area contributed by atoms with E-state index in [1.807, 2.05) is 30.3 Å². The Morgan fingerprint density at radius 1 is 1.14 bits per heavy atom. The van der Waals surface area contributed by atoms with Gasteiger partial charge in [-0.1, -0.05) is 41.7 Å². The maximum Gasteiger partial charge on any atom is 0.330 e. The molecule has 4 aromatic rings. The van der Waals surface area contributed by atoms with Gasteiger partial charge in [-0.05, 0) is 29.8 Å². The minimum atomic E-state index is -0.610. The van der Waals surface area contributed by atoms with Crippen LogP contribution in [0.3, 0.4) is 0 Å². The number of carbonyl (C=O) groups excluding carboxylic acids is 1. The molecule has 0 radical (unpaired) electrons. The summed E-state index contributed by atoms with van der Waals surface area (Å²) in [7, 11) is 3.21. The summed E-state index contributed by atoms with van der Waals surface area (Å²) >= 11 is 1.09. The van der Waals surface area contributed by atoms with Crippen LogP contribution in [0, 0.1) is 0 Å². The molecule has 1 amide bonds. The van der Waals surface area contributed by atoms with Crippen LogP contribution in [0.2, 0.25) is 0 Å². The predicted octanol–water partition coefficient (Wildman–Crippen LogP) is 1.92. The Hall–Kier alpha value is -4.45. The molecule has 0 spiro atoms. The van der Waals surface area contributed by atoms with Crippen LogP contribution < -0.4 is 31.9 Å². The van der Waals surface area contributed by atoms with E-state index < -0.39 is 17.2 Å². The third-order valence-corrected chi connectivity index (χ3v) is 6.07. The van der Waals surface area contributed by atoms with E-state index in [-0.39, 0.29) is 29.6 Å². The lowest BCUT2D eigenvalue weighted by atomic mass is 10.2. The number of ether oxygens (including phenoxy) is 1. The maximum atomic E-state index is 12.6. The number of methoxy groups -OCH3 is 1. The molecule has 2 aromatic heterocycles. The number of nitrogens with one attached hydrogen (secondary N) is 2. The van der Waals surface area contributed by atoms with Crippen LogP contribution in [0.5, 0.6) is 5.75 Å². The van der Waals surface area contributed by atoms with Crippen molar-refractivity contribution in [2.45, 2.75) is 13.1 Å². The first kappa shape index (κ1) is 23.7. The van der Waals surface area contributed by atoms with Crippen molar-refractivity contribution in [3.8, 4) is 5.75 Å². The van der Waals surface area contributed by atoms with E-state index >= 15 is 0 Å². The molecule has 11 nitrogen and oxygen atoms in total. The second kappa shape index (κ2) is 10.2. The van der Waals surface area contributed by atoms with Gasteiger partial charge in [-0.3, -0.25) is 19.1 Å². The zero-order valence-corrected chi connectivity index (χ0v) is 19.8. The Bertz CT molecular complexity index is 1450. The van der Waals surface area contributed by atoms with Gasteiger partial charge in [0.05, 0.1) is 20.2 Å². The van der Waals surface area contributed by atoms with Crippen molar-refractivity contribution >= 4 is 34.4 Å². The number of hydrogen-bond acceptors (Lipinski definition) is 9. The summed E-state index contributed by atoms with van der Waals surface area (Å²) in [6.45, 7) is 0.363. The molecule has 0 atom stereocenters. The number of anilines is 3. The minimum absolute atomic E-state index is 0.0343. The molecule has 0 bridgehead atoms. The lowest BCUT2D eigenvalue weighted by molar-refractivity contribution is 0.102. The summed E-state index contributed by atoms with van der Waals surface area (Å²) in [5, 5.41) is 11.4. The van der Waals surface area contributed by atoms with Gasteiger partial charge in [0, 0.05) is 12.7 Å². The van der Waals surface area contributed by atoms with Gasteiger partial charge in [0.25, 0.3) is 11.5 Å². The molecule has 35 heavy (non-hydrogen) atoms. The molecule has 12 heteroatoms. The number of amides is 1. The number of carbonyl (C=O) groups is 1. The molecular weight excluding hydrogens is 470 g/mol. The Balaban J connectivity index is 1.50. The molecule has 180 valence electrons. The fourth-order valence-corrected chi connectivity index (χ4v) is 4.21. The van der Waals surface area contributed by atoms with Gasteiger partial charge in [0.15, 0.2) is 0 Å². The van der Waals surface area contributed by atoms with E-state index in [1.54, 1.807) is 43.3 Å². The Kier molecular flexibility index (Phi) is 6.92. The second-order valence-electron chi connectivity index (χ2n) is 7.60. The van der Waals surface area contributed by atoms with Crippen LogP contribution in [0.4, 0.5) is 17.2 Å². The molecule has 4 N–H and O–H groups in total. The number of H-pyrrole nitrogens is 1. The Morgan fingerprint density at radius 2 is 1.86 bits per heavy atom. The fourth-order valence-electron chi connectivity index (χ4n) is 3.42. The van der Waals surface area contributed by atoms with Gasteiger partial charge in [-0.2, -0.15) is 0 Å². The van der Waals surface area contributed by atoms with Gasteiger partial charge in [0.2, 0.25) is 5.01 Å². The quantitative estimate of drug-likeness (QED) is 0.337. The molecule has 0 fully saturated rings. The van der Waals surface area contributed by atoms with Crippen molar-refractivity contribution in [1.29, 1.82) is 0 Å². The van der Waals surface area contributed by atoms with Gasteiger partial charge in [-0.15, -0.1) is 10.2 Å². The van der Waals surface area contributed by atoms with Gasteiger partial charge in [0.1, 0.15) is 22.3 Å². The highest BCUT2D eigenvalue weighted by Gasteiger charge is 2.19. The normalized spacial score (nSPS) is 10.7. The first-order chi connectivity index (χ1) is 16.9. The number of rotatable bonds is 8. The van der Waals surface area contributed by atoms with E-state index in [2.05, 4.69) is 20.5 Å². The van der Waals surface area contributed by atoms with Crippen molar-refractivity contribution < 1.29 is 9.53 Å². The number of nitrogens with zero attached hydrogens (tertiary/aromatic N) is 4. The van der Waals surface area contributed by atoms with Gasteiger partial charge < -0.3 is 20.7 Å². The largest absolute Gasteiger partial charge is 0.497 e. The van der Waals surface area contributed by atoms with Crippen molar-refractivity contribution in [3.05, 3.63) is 91.0 Å². The smallest absolute Gasteiger partial charge is 0.330 e. The SMILES string of the molecule is COc1ccc(NC(=O)c2nnc(CN(C)c3c(N)n(Cc4ccccc4)c(=O)[nH]c3=O)s2)cc1. The summed E-state index contributed by atoms with van der Waals surface area (Å²) in [6, 6.07) is 16.2. The van der Waals surface area contributed by atoms with Crippen LogP contribution in [-0.2, 0) is 13.1 Å². The molecule has 0 unspecified atom stereocenters. The van der Waals surface area contributed by atoms with Gasteiger partial charge in [-0.25, -0.2) is 4.79 Å². The highest BCUT2D eigenvalue weighted by molar-refractivity contribution is 7.13. The van der Waals surface area contributed by atoms with Crippen molar-refractivity contribution in [1.82, 2.24) is 19.7 Å². The average Bonchev–Trinajstić information content (AvgIpc) is 3.31. The molecule has 0 aliphatic rings. The summed E-state index contributed by atoms with van der Waals surface area (Å²) in [4.78, 5) is 41.4. The molecule has 2 aromatic carbocycles. The Morgan fingerprint density at radius 3 is 2.54 bits per heavy atom. The number of hydrogen-bond donors (Lipinski definition) is 3. The summed E-state index contributed by atoms with van der Waals surface area (Å²) in [5.41, 5.74) is 6.61. The van der Waals surface area contributed by atoms with Crippen molar-refractivity contribution in [2.75, 3.05) is 30.1 Å². The number of nitrogens with two attached hydrogens (primary N) is 1. The van der Waals surface area contributed by atoms with Crippen molar-refractivity contribution in [2.24, 2.45) is 0 Å². The van der Waals surface area contributed by atoms with Crippen molar-refractivity contribution in [3.63, 3.8) is 0 Å². The third kappa shape index (κ3) is 5.38. The summed E-state index contributed by atoms with van der Waals surface area (Å²) in [5.74, 6) is 0.302. The van der Waals surface area contributed by atoms with E-state index in [0.717, 1.165) is 16.9 Å². The molecule has 0 aliphatic carbocycles. The van der Waals surface area contributed by atoms with Gasteiger partial charge >= 0.3 is 5.69 Å². The molecule has 0 saturated heterocycles. The molecule has 4 rings (SSSR count). The number of aromatic nitrogens is 4. The topological polar surface area (TPSA) is 148 Å². The van der Waals surface area contributed by atoms with Crippen LogP contribution in [-0.4, -0.2) is 39.8 Å². The van der Waals surface area contributed by atoms with Crippen LogP contribution in [0.1, 0.15) is 20.4 Å². The van der Waals surface area contributed by atoms with E-state index in [4.69, 9.17) is 10.5 Å². The molecule has 2 heterocycles. The number of nitrogen functional groups attached to an aromatic ring is 1. The Labute approximate surface area is 203 Å². The van der Waals surface area contributed by atoms with E-state index in [1.165, 1.54) is 4.57 Å². The van der Waals surface area contributed by atoms with E-state index in [9.17, 15) is 14.4 Å². The van der Waals surface area contributed by atoms with E-state index in [0.29, 0.717) is 16.4 Å². The van der Waals surface area contributed by atoms with Crippen LogP contribution >= 0.6 is 11.3 Å². The zero-order valence-electron chi connectivity index (χ0n) is 19.0. The lowest BCUT2D eigenvalue weighted by Crippen LogP contribution is -2.37. The molecular formula is C23H23N7O4S. The third-order valence-electron chi connectivity index (χ3n) is 5.16. The molecule has 0 saturated carbocycles. The maximum absolute atomic E-state index is 12.6. The number of benzene rings is 2. The summed E-state index contributed by atoms with van der Waals surface area (Å²) < 4.78 is 6.41. The lowest BCUT2D eigenvalue weighted by Gasteiger charge is -2.20. The standard InChI is InChI=1S/C23H23N7O4S/c1-29(18-19(24)30(23(33)26-20(18)31)12-14-6-4-3-5-7-14)13-17-27-28-22(35-17)21(32)25-15-8-10-16(34-2)11-9-15/h3-11H,12-13,24H2,1-2H3,(H,25,32)(H,26,31,33). The fraction of sp³-hybridized carbons (Fsp3) is 0.174. The monoisotopic (exact) mass is 493 g/mol. The molecule has 0 aliphatic heterocycles. The summed E-state index contributed by atoms with van der Waals surface area (Å²) in [6.07, 6.45) is 0. The highest BCUT2D eigenvalue weighted by Crippen LogP contribution is 2.21. The number of aromatic amines is 1. The zero-order chi connectivity index (χ0) is 24.9. The average molecular weight is 494 g/mol. The van der Waals surface area contributed by atoms with Crippen LogP contribution in [0.25, 0.3) is 0 Å².